The van der Waals surface area contributed by atoms with Crippen LogP contribution in [-0.4, -0.2) is 42.2 Å². The van der Waals surface area contributed by atoms with Crippen molar-refractivity contribution in [3.05, 3.63) is 81.1 Å². The van der Waals surface area contributed by atoms with Gasteiger partial charge in [0.1, 0.15) is 15.8 Å². The minimum atomic E-state index is -0.787. The van der Waals surface area contributed by atoms with Gasteiger partial charge in [0.2, 0.25) is 0 Å². The van der Waals surface area contributed by atoms with Crippen molar-refractivity contribution in [1.29, 1.82) is 0 Å². The highest BCUT2D eigenvalue weighted by Gasteiger charge is 2.37. The van der Waals surface area contributed by atoms with Gasteiger partial charge < -0.3 is 10.4 Å². The molecule has 1 atom stereocenters. The summed E-state index contributed by atoms with van der Waals surface area (Å²) >= 11 is 6.78. The van der Waals surface area contributed by atoms with E-state index in [1.165, 1.54) is 22.6 Å². The molecular weight excluding hydrogens is 480 g/mol. The molecule has 1 saturated heterocycles. The second-order valence-corrected chi connectivity index (χ2v) is 10.4. The molecule has 2 N–H and O–H groups in total. The molecule has 1 amide bonds. The summed E-state index contributed by atoms with van der Waals surface area (Å²) in [5.74, 6) is 0.166. The second kappa shape index (κ2) is 10.3. The summed E-state index contributed by atoms with van der Waals surface area (Å²) in [6, 6.07) is 14.7. The Morgan fingerprint density at radius 1 is 1.11 bits per heavy atom. The number of carbonyl (C=O) groups excluding carboxylic acids is 1. The quantitative estimate of drug-likeness (QED) is 0.379. The molecule has 1 aliphatic heterocycles. The van der Waals surface area contributed by atoms with Gasteiger partial charge in [-0.3, -0.25) is 18.9 Å². The molecule has 1 aromatic carbocycles. The van der Waals surface area contributed by atoms with Crippen LogP contribution in [0.25, 0.3) is 11.7 Å². The van der Waals surface area contributed by atoms with E-state index in [4.69, 9.17) is 12.2 Å². The number of pyridine rings is 1. The normalized spacial score (nSPS) is 19.0. The third-order valence-electron chi connectivity index (χ3n) is 6.46. The fourth-order valence-corrected chi connectivity index (χ4v) is 6.00. The topological polar surface area (TPSA) is 86.9 Å². The number of aromatic nitrogens is 2. The molecule has 1 saturated carbocycles. The van der Waals surface area contributed by atoms with E-state index in [1.807, 2.05) is 30.3 Å². The first-order chi connectivity index (χ1) is 17.0. The van der Waals surface area contributed by atoms with Gasteiger partial charge in [0.15, 0.2) is 0 Å². The Morgan fingerprint density at radius 2 is 1.86 bits per heavy atom. The summed E-state index contributed by atoms with van der Waals surface area (Å²) in [5.41, 5.74) is 1.20. The van der Waals surface area contributed by atoms with Gasteiger partial charge in [-0.25, -0.2) is 4.98 Å². The van der Waals surface area contributed by atoms with Gasteiger partial charge in [-0.2, -0.15) is 0 Å². The van der Waals surface area contributed by atoms with Gasteiger partial charge in [-0.1, -0.05) is 79.6 Å². The molecule has 1 aliphatic carbocycles. The van der Waals surface area contributed by atoms with Crippen LogP contribution < -0.4 is 10.9 Å². The average molecular weight is 507 g/mol. The minimum absolute atomic E-state index is 0.122. The highest BCUT2D eigenvalue weighted by atomic mass is 32.2. The Bertz CT molecular complexity index is 1350. The van der Waals surface area contributed by atoms with Crippen molar-refractivity contribution >= 4 is 51.7 Å². The third-order valence-corrected chi connectivity index (χ3v) is 7.79. The number of hydrogen-bond acceptors (Lipinski definition) is 7. The van der Waals surface area contributed by atoms with Gasteiger partial charge in [0.25, 0.3) is 11.5 Å². The number of rotatable bonds is 6. The van der Waals surface area contributed by atoms with Crippen molar-refractivity contribution in [3.8, 4) is 0 Å². The first kappa shape index (κ1) is 23.7. The first-order valence-corrected chi connectivity index (χ1v) is 13.0. The molecule has 9 heteroatoms. The molecule has 35 heavy (non-hydrogen) atoms. The lowest BCUT2D eigenvalue weighted by atomic mass is 9.94. The summed E-state index contributed by atoms with van der Waals surface area (Å²) in [5, 5.41) is 13.8. The molecule has 0 bridgehead atoms. The number of hydrogen-bond donors (Lipinski definition) is 2. The number of aliphatic hydroxyl groups excluding tert-OH is 1. The Hall–Kier alpha value is -3.01. The predicted octanol–water partition coefficient (Wildman–Crippen LogP) is 4.37. The van der Waals surface area contributed by atoms with Crippen LogP contribution in [0.1, 0.15) is 49.3 Å². The van der Waals surface area contributed by atoms with Crippen LogP contribution in [0.15, 0.2) is 64.4 Å². The summed E-state index contributed by atoms with van der Waals surface area (Å²) < 4.78 is 1.99. The van der Waals surface area contributed by atoms with Crippen LogP contribution in [-0.2, 0) is 4.79 Å². The van der Waals surface area contributed by atoms with Crippen molar-refractivity contribution in [2.75, 3.05) is 11.9 Å². The van der Waals surface area contributed by atoms with E-state index in [9.17, 15) is 14.7 Å². The highest BCUT2D eigenvalue weighted by molar-refractivity contribution is 8.26. The molecule has 1 unspecified atom stereocenters. The van der Waals surface area contributed by atoms with E-state index < -0.39 is 6.10 Å². The van der Waals surface area contributed by atoms with Crippen molar-refractivity contribution in [1.82, 2.24) is 14.3 Å². The van der Waals surface area contributed by atoms with E-state index in [0.717, 1.165) is 31.2 Å². The molecule has 5 rings (SSSR count). The fraction of sp³-hybridized carbons (Fsp3) is 0.308. The predicted molar refractivity (Wildman–Crippen MR) is 143 cm³/mol. The zero-order valence-corrected chi connectivity index (χ0v) is 20.7. The lowest BCUT2D eigenvalue weighted by Crippen LogP contribution is -2.39. The summed E-state index contributed by atoms with van der Waals surface area (Å²) in [4.78, 5) is 33.5. The summed E-state index contributed by atoms with van der Waals surface area (Å²) in [6.07, 6.45) is 7.72. The standard InChI is InChI=1S/C26H26N4O3S2/c31-20(17-9-3-1-4-10-17)16-27-23-19(24(32)29-14-8-7-13-22(29)28-23)15-21-25(33)30(26(34)35-21)18-11-5-2-6-12-18/h1,3-4,7-10,13-15,18,20,27,31H,2,5-6,11-12,16H2. The van der Waals surface area contributed by atoms with Crippen LogP contribution >= 0.6 is 24.0 Å². The molecule has 3 aromatic rings. The van der Waals surface area contributed by atoms with Gasteiger partial charge >= 0.3 is 0 Å². The molecule has 0 radical (unpaired) electrons. The highest BCUT2D eigenvalue weighted by Crippen LogP contribution is 2.37. The smallest absolute Gasteiger partial charge is 0.267 e. The lowest BCUT2D eigenvalue weighted by molar-refractivity contribution is -0.124. The van der Waals surface area contributed by atoms with Crippen molar-refractivity contribution < 1.29 is 9.90 Å². The number of carbonyl (C=O) groups is 1. The molecule has 2 aromatic heterocycles. The minimum Gasteiger partial charge on any atom is -0.387 e. The van der Waals surface area contributed by atoms with Crippen LogP contribution in [0.3, 0.4) is 0 Å². The number of benzene rings is 1. The lowest BCUT2D eigenvalue weighted by Gasteiger charge is -2.29. The number of thioether (sulfide) groups is 1. The molecule has 2 fully saturated rings. The number of thiocarbonyl (C=S) groups is 1. The van der Waals surface area contributed by atoms with Gasteiger partial charge in [-0.05, 0) is 36.6 Å². The summed E-state index contributed by atoms with van der Waals surface area (Å²) in [7, 11) is 0. The maximum atomic E-state index is 13.4. The third kappa shape index (κ3) is 4.89. The number of fused-ring (bicyclic) bond motifs is 1. The van der Waals surface area contributed by atoms with Crippen molar-refractivity contribution in [3.63, 3.8) is 0 Å². The van der Waals surface area contributed by atoms with E-state index in [-0.39, 0.29) is 29.6 Å². The molecule has 3 heterocycles. The Balaban J connectivity index is 1.49. The van der Waals surface area contributed by atoms with Crippen molar-refractivity contribution in [2.24, 2.45) is 0 Å². The average Bonchev–Trinajstić information content (AvgIpc) is 3.17. The Kier molecular flexibility index (Phi) is 6.99. The zero-order valence-electron chi connectivity index (χ0n) is 19.1. The molecule has 2 aliphatic rings. The van der Waals surface area contributed by atoms with Gasteiger partial charge in [0.05, 0.1) is 16.6 Å². The molecule has 7 nitrogen and oxygen atoms in total. The number of nitrogens with one attached hydrogen (secondary N) is 1. The largest absolute Gasteiger partial charge is 0.387 e. The number of amides is 1. The van der Waals surface area contributed by atoms with E-state index in [2.05, 4.69) is 10.3 Å². The van der Waals surface area contributed by atoms with E-state index >= 15 is 0 Å². The van der Waals surface area contributed by atoms with Crippen LogP contribution in [0.2, 0.25) is 0 Å². The van der Waals surface area contributed by atoms with Crippen molar-refractivity contribution in [2.45, 2.75) is 44.2 Å². The molecule has 180 valence electrons. The van der Waals surface area contributed by atoms with Crippen LogP contribution in [0.5, 0.6) is 0 Å². The van der Waals surface area contributed by atoms with E-state index in [1.54, 1.807) is 35.4 Å². The first-order valence-electron chi connectivity index (χ1n) is 11.8. The molecule has 0 spiro atoms. The summed E-state index contributed by atoms with van der Waals surface area (Å²) in [6.45, 7) is 0.156. The monoisotopic (exact) mass is 506 g/mol. The SMILES string of the molecule is O=C1C(=Cc2c(NCC(O)c3ccccc3)nc3ccccn3c2=O)SC(=S)N1C1CCCCC1. The number of anilines is 1. The maximum Gasteiger partial charge on any atom is 0.267 e. The number of nitrogens with zero attached hydrogens (tertiary/aromatic N) is 3. The Labute approximate surface area is 212 Å². The fourth-order valence-electron chi connectivity index (χ4n) is 4.62. The second-order valence-electron chi connectivity index (χ2n) is 8.76. The van der Waals surface area contributed by atoms with Crippen LogP contribution in [0, 0.1) is 0 Å². The number of aliphatic hydroxyl groups is 1. The van der Waals surface area contributed by atoms with E-state index in [0.29, 0.717) is 20.7 Å². The van der Waals surface area contributed by atoms with Crippen LogP contribution in [0.4, 0.5) is 5.82 Å². The zero-order chi connectivity index (χ0) is 24.4. The Morgan fingerprint density at radius 3 is 2.63 bits per heavy atom. The van der Waals surface area contributed by atoms with Gasteiger partial charge in [-0.15, -0.1) is 0 Å². The maximum absolute atomic E-state index is 13.4. The van der Waals surface area contributed by atoms with Gasteiger partial charge in [0, 0.05) is 18.8 Å². The molecular formula is C26H26N4O3S2.